The predicted molar refractivity (Wildman–Crippen MR) is 90.0 cm³/mol. The summed E-state index contributed by atoms with van der Waals surface area (Å²) >= 11 is 1.47. The molecular weight excluding hydrogens is 325 g/mol. The van der Waals surface area contributed by atoms with Crippen molar-refractivity contribution in [3.05, 3.63) is 72.3 Å². The average molecular weight is 337 g/mol. The molecule has 0 N–H and O–H groups in total. The standard InChI is InChI=1S/C17H12FN5S/c18-14-4-2-1-3-13(14)11-24-16-6-5-15-20-21-17(23(15)22-16)12-7-9-19-10-8-12/h1-10H,11H2. The van der Waals surface area contributed by atoms with Crippen LogP contribution in [0.4, 0.5) is 4.39 Å². The van der Waals surface area contributed by atoms with Gasteiger partial charge in [-0.2, -0.15) is 9.61 Å². The lowest BCUT2D eigenvalue weighted by atomic mass is 10.2. The highest BCUT2D eigenvalue weighted by Gasteiger charge is 2.10. The Morgan fingerprint density at radius 1 is 0.958 bits per heavy atom. The number of halogens is 1. The minimum absolute atomic E-state index is 0.201. The first kappa shape index (κ1) is 14.8. The second-order valence-electron chi connectivity index (χ2n) is 5.08. The Bertz CT molecular complexity index is 987. The van der Waals surface area contributed by atoms with E-state index in [2.05, 4.69) is 20.3 Å². The number of rotatable bonds is 4. The van der Waals surface area contributed by atoms with E-state index in [4.69, 9.17) is 0 Å². The second kappa shape index (κ2) is 6.37. The van der Waals surface area contributed by atoms with E-state index in [1.54, 1.807) is 29.0 Å². The van der Waals surface area contributed by atoms with Crippen LogP contribution >= 0.6 is 11.8 Å². The van der Waals surface area contributed by atoms with Gasteiger partial charge in [-0.1, -0.05) is 30.0 Å². The van der Waals surface area contributed by atoms with Gasteiger partial charge in [-0.25, -0.2) is 4.39 Å². The molecule has 0 unspecified atom stereocenters. The molecule has 3 heterocycles. The number of thioether (sulfide) groups is 1. The minimum atomic E-state index is -0.201. The Hall–Kier alpha value is -2.80. The van der Waals surface area contributed by atoms with Crippen molar-refractivity contribution in [3.8, 4) is 11.4 Å². The molecule has 0 atom stereocenters. The molecule has 0 fully saturated rings. The zero-order valence-corrected chi connectivity index (χ0v) is 13.3. The summed E-state index contributed by atoms with van der Waals surface area (Å²) in [7, 11) is 0. The molecule has 0 bridgehead atoms. The van der Waals surface area contributed by atoms with E-state index in [0.29, 0.717) is 22.8 Å². The molecule has 4 aromatic rings. The van der Waals surface area contributed by atoms with Gasteiger partial charge in [0.15, 0.2) is 11.5 Å². The zero-order chi connectivity index (χ0) is 16.4. The van der Waals surface area contributed by atoms with Crippen LogP contribution in [0.3, 0.4) is 0 Å². The topological polar surface area (TPSA) is 56.0 Å². The number of fused-ring (bicyclic) bond motifs is 1. The van der Waals surface area contributed by atoms with Crippen molar-refractivity contribution in [2.75, 3.05) is 0 Å². The Labute approximate surface area is 141 Å². The summed E-state index contributed by atoms with van der Waals surface area (Å²) < 4.78 is 15.4. The molecule has 3 aromatic heterocycles. The van der Waals surface area contributed by atoms with E-state index in [9.17, 15) is 4.39 Å². The van der Waals surface area contributed by atoms with E-state index in [-0.39, 0.29) is 5.82 Å². The van der Waals surface area contributed by atoms with E-state index in [1.165, 1.54) is 17.8 Å². The smallest absolute Gasteiger partial charge is 0.185 e. The van der Waals surface area contributed by atoms with Crippen molar-refractivity contribution in [1.29, 1.82) is 0 Å². The maximum atomic E-state index is 13.7. The van der Waals surface area contributed by atoms with E-state index < -0.39 is 0 Å². The Kier molecular flexibility index (Phi) is 3.92. The predicted octanol–water partition coefficient (Wildman–Crippen LogP) is 3.62. The van der Waals surface area contributed by atoms with Gasteiger partial charge in [0.25, 0.3) is 0 Å². The summed E-state index contributed by atoms with van der Waals surface area (Å²) in [6, 6.07) is 14.2. The van der Waals surface area contributed by atoms with Gasteiger partial charge in [0, 0.05) is 23.7 Å². The Balaban J connectivity index is 1.64. The van der Waals surface area contributed by atoms with Crippen LogP contribution in [0.2, 0.25) is 0 Å². The largest absolute Gasteiger partial charge is 0.265 e. The summed E-state index contributed by atoms with van der Waals surface area (Å²) in [5.74, 6) is 0.964. The average Bonchev–Trinajstić information content (AvgIpc) is 3.05. The maximum absolute atomic E-state index is 13.7. The monoisotopic (exact) mass is 337 g/mol. The van der Waals surface area contributed by atoms with Crippen molar-refractivity contribution in [2.45, 2.75) is 10.8 Å². The lowest BCUT2D eigenvalue weighted by molar-refractivity contribution is 0.617. The summed E-state index contributed by atoms with van der Waals surface area (Å²) in [6.45, 7) is 0. The van der Waals surface area contributed by atoms with Gasteiger partial charge in [0.2, 0.25) is 0 Å². The van der Waals surface area contributed by atoms with Gasteiger partial charge in [-0.15, -0.1) is 10.2 Å². The third kappa shape index (κ3) is 2.85. The van der Waals surface area contributed by atoms with Gasteiger partial charge < -0.3 is 0 Å². The van der Waals surface area contributed by atoms with Crippen LogP contribution in [0.1, 0.15) is 5.56 Å². The fourth-order valence-electron chi connectivity index (χ4n) is 2.30. The van der Waals surface area contributed by atoms with Gasteiger partial charge in [0.05, 0.1) is 0 Å². The van der Waals surface area contributed by atoms with Gasteiger partial charge in [-0.05, 0) is 35.9 Å². The van der Waals surface area contributed by atoms with Crippen LogP contribution < -0.4 is 0 Å². The molecule has 4 rings (SSSR count). The van der Waals surface area contributed by atoms with Gasteiger partial charge >= 0.3 is 0 Å². The minimum Gasteiger partial charge on any atom is -0.265 e. The van der Waals surface area contributed by atoms with Crippen molar-refractivity contribution >= 4 is 17.4 Å². The van der Waals surface area contributed by atoms with Crippen LogP contribution in [-0.4, -0.2) is 24.8 Å². The summed E-state index contributed by atoms with van der Waals surface area (Å²) in [5.41, 5.74) is 2.21. The number of hydrogen-bond donors (Lipinski definition) is 0. The normalized spacial score (nSPS) is 11.0. The quantitative estimate of drug-likeness (QED) is 0.532. The van der Waals surface area contributed by atoms with E-state index >= 15 is 0 Å². The third-order valence-corrected chi connectivity index (χ3v) is 4.48. The van der Waals surface area contributed by atoms with Crippen LogP contribution in [0.5, 0.6) is 0 Å². The van der Waals surface area contributed by atoms with Crippen molar-refractivity contribution in [1.82, 2.24) is 24.8 Å². The molecule has 0 spiro atoms. The molecule has 0 saturated heterocycles. The molecule has 0 aliphatic rings. The third-order valence-electron chi connectivity index (χ3n) is 3.51. The first-order valence-electron chi connectivity index (χ1n) is 7.30. The van der Waals surface area contributed by atoms with Crippen molar-refractivity contribution in [2.24, 2.45) is 0 Å². The molecule has 7 heteroatoms. The Morgan fingerprint density at radius 3 is 2.62 bits per heavy atom. The number of benzene rings is 1. The van der Waals surface area contributed by atoms with E-state index in [1.807, 2.05) is 30.3 Å². The number of nitrogens with zero attached hydrogens (tertiary/aromatic N) is 5. The summed E-state index contributed by atoms with van der Waals surface area (Å²) in [4.78, 5) is 4.01. The number of aromatic nitrogens is 5. The van der Waals surface area contributed by atoms with E-state index in [0.717, 1.165) is 10.6 Å². The zero-order valence-electron chi connectivity index (χ0n) is 12.5. The van der Waals surface area contributed by atoms with Crippen LogP contribution in [0, 0.1) is 5.82 Å². The molecule has 0 radical (unpaired) electrons. The highest BCUT2D eigenvalue weighted by atomic mass is 32.2. The van der Waals surface area contributed by atoms with Crippen LogP contribution in [-0.2, 0) is 5.75 Å². The lowest BCUT2D eigenvalue weighted by Crippen LogP contribution is -1.97. The van der Waals surface area contributed by atoms with Crippen LogP contribution in [0.15, 0.2) is 66.0 Å². The Morgan fingerprint density at radius 2 is 1.79 bits per heavy atom. The molecule has 0 aliphatic carbocycles. The molecule has 0 amide bonds. The van der Waals surface area contributed by atoms with Crippen molar-refractivity contribution in [3.63, 3.8) is 0 Å². The lowest BCUT2D eigenvalue weighted by Gasteiger charge is -2.04. The second-order valence-corrected chi connectivity index (χ2v) is 6.08. The molecule has 24 heavy (non-hydrogen) atoms. The summed E-state index contributed by atoms with van der Waals surface area (Å²) in [6.07, 6.45) is 3.40. The SMILES string of the molecule is Fc1ccccc1CSc1ccc2nnc(-c3ccncc3)n2n1. The highest BCUT2D eigenvalue weighted by molar-refractivity contribution is 7.98. The van der Waals surface area contributed by atoms with Crippen LogP contribution in [0.25, 0.3) is 17.0 Å². The first-order chi connectivity index (χ1) is 11.8. The molecule has 0 aliphatic heterocycles. The fraction of sp³-hybridized carbons (Fsp3) is 0.0588. The fourth-order valence-corrected chi connectivity index (χ4v) is 3.14. The molecular formula is C17H12FN5S. The van der Waals surface area contributed by atoms with Gasteiger partial charge in [-0.3, -0.25) is 4.98 Å². The van der Waals surface area contributed by atoms with Crippen molar-refractivity contribution < 1.29 is 4.39 Å². The molecule has 0 saturated carbocycles. The maximum Gasteiger partial charge on any atom is 0.185 e. The highest BCUT2D eigenvalue weighted by Crippen LogP contribution is 2.24. The molecule has 1 aromatic carbocycles. The number of pyridine rings is 1. The molecule has 118 valence electrons. The van der Waals surface area contributed by atoms with Gasteiger partial charge in [0.1, 0.15) is 10.8 Å². The molecule has 5 nitrogen and oxygen atoms in total. The number of hydrogen-bond acceptors (Lipinski definition) is 5. The first-order valence-corrected chi connectivity index (χ1v) is 8.29. The summed E-state index contributed by atoms with van der Waals surface area (Å²) in [5, 5.41) is 13.7.